The van der Waals surface area contributed by atoms with Crippen molar-refractivity contribution in [2.24, 2.45) is 0 Å². The van der Waals surface area contributed by atoms with E-state index >= 15 is 0 Å². The van der Waals surface area contributed by atoms with Gasteiger partial charge in [0.15, 0.2) is 11.6 Å². The molecule has 5 heterocycles. The zero-order valence-corrected chi connectivity index (χ0v) is 22.1. The van der Waals surface area contributed by atoms with Crippen molar-refractivity contribution in [3.05, 3.63) is 76.4 Å². The number of hydrogen-bond donors (Lipinski definition) is 1. The normalized spacial score (nSPS) is 16.0. The molecule has 1 aliphatic rings. The molecule has 1 aromatic carbocycles. The van der Waals surface area contributed by atoms with Gasteiger partial charge in [-0.2, -0.15) is 0 Å². The Morgan fingerprint density at radius 2 is 2.00 bits per heavy atom. The third-order valence-corrected chi connectivity index (χ3v) is 7.94. The molecule has 1 unspecified atom stereocenters. The van der Waals surface area contributed by atoms with Crippen LogP contribution in [0.5, 0.6) is 0 Å². The zero-order chi connectivity index (χ0) is 27.3. The van der Waals surface area contributed by atoms with Gasteiger partial charge in [-0.3, -0.25) is 9.20 Å². The number of amides is 1. The van der Waals surface area contributed by atoms with Crippen molar-refractivity contribution >= 4 is 28.6 Å². The summed E-state index contributed by atoms with van der Waals surface area (Å²) in [4.78, 5) is 24.5. The van der Waals surface area contributed by atoms with Crippen molar-refractivity contribution in [1.82, 2.24) is 19.5 Å². The van der Waals surface area contributed by atoms with E-state index in [4.69, 9.17) is 14.5 Å². The van der Waals surface area contributed by atoms with Crippen molar-refractivity contribution in [3.8, 4) is 21.8 Å². The van der Waals surface area contributed by atoms with Crippen LogP contribution in [0.2, 0.25) is 0 Å². The molecular formula is C28H25F2N5O3S. The summed E-state index contributed by atoms with van der Waals surface area (Å²) >= 11 is 1.43. The van der Waals surface area contributed by atoms with Gasteiger partial charge in [0, 0.05) is 48.3 Å². The minimum Gasteiger partial charge on any atom is -0.396 e. The molecule has 0 spiro atoms. The quantitative estimate of drug-likeness (QED) is 0.288. The van der Waals surface area contributed by atoms with Crippen LogP contribution in [-0.2, 0) is 11.2 Å². The lowest BCUT2D eigenvalue weighted by molar-refractivity contribution is -0.120. The lowest BCUT2D eigenvalue weighted by atomic mass is 9.96. The first kappa shape index (κ1) is 25.3. The molecular weight excluding hydrogens is 524 g/mol. The molecule has 39 heavy (non-hydrogen) atoms. The summed E-state index contributed by atoms with van der Waals surface area (Å²) in [5, 5.41) is 16.1. The third-order valence-electron chi connectivity index (χ3n) is 7.04. The Morgan fingerprint density at radius 1 is 1.15 bits per heavy atom. The molecule has 0 saturated carbocycles. The average molecular weight is 550 g/mol. The minimum absolute atomic E-state index is 0.0228. The zero-order valence-electron chi connectivity index (χ0n) is 21.3. The molecule has 4 aromatic heterocycles. The lowest BCUT2D eigenvalue weighted by Crippen LogP contribution is -2.38. The predicted molar refractivity (Wildman–Crippen MR) is 142 cm³/mol. The van der Waals surface area contributed by atoms with Gasteiger partial charge in [-0.05, 0) is 56.5 Å². The SMILES string of the molecule is Cc1noc(C)c1-c1ccn2c(-c3nc(CCO)cs3)c(C3CCCC(=O)N3c3ccc(F)c(F)c3)nc2c1. The van der Waals surface area contributed by atoms with E-state index < -0.39 is 17.7 Å². The molecule has 200 valence electrons. The van der Waals surface area contributed by atoms with Crippen molar-refractivity contribution < 1.29 is 23.2 Å². The van der Waals surface area contributed by atoms with Crippen LogP contribution in [-0.4, -0.2) is 37.1 Å². The fraction of sp³-hybridized carbons (Fsp3) is 0.286. The number of aliphatic hydroxyl groups is 1. The van der Waals surface area contributed by atoms with Crippen LogP contribution in [0.25, 0.3) is 27.5 Å². The second-order valence-electron chi connectivity index (χ2n) is 9.58. The Hall–Kier alpha value is -3.96. The molecule has 0 bridgehead atoms. The highest BCUT2D eigenvalue weighted by Crippen LogP contribution is 2.41. The van der Waals surface area contributed by atoms with Crippen molar-refractivity contribution in [2.75, 3.05) is 11.5 Å². The molecule has 5 aromatic rings. The smallest absolute Gasteiger partial charge is 0.227 e. The summed E-state index contributed by atoms with van der Waals surface area (Å²) in [6, 6.07) is 6.89. The highest BCUT2D eigenvalue weighted by atomic mass is 32.1. The van der Waals surface area contributed by atoms with E-state index in [2.05, 4.69) is 5.16 Å². The van der Waals surface area contributed by atoms with Gasteiger partial charge in [0.25, 0.3) is 0 Å². The molecule has 1 amide bonds. The lowest BCUT2D eigenvalue weighted by Gasteiger charge is -2.35. The van der Waals surface area contributed by atoms with E-state index in [-0.39, 0.29) is 18.2 Å². The van der Waals surface area contributed by atoms with E-state index in [9.17, 15) is 18.7 Å². The van der Waals surface area contributed by atoms with E-state index in [1.807, 2.05) is 42.0 Å². The summed E-state index contributed by atoms with van der Waals surface area (Å²) in [5.41, 5.74) is 5.55. The Bertz CT molecular complexity index is 1690. The molecule has 1 aliphatic heterocycles. The maximum atomic E-state index is 14.2. The first-order valence-corrected chi connectivity index (χ1v) is 13.5. The Labute approximate surface area is 226 Å². The number of thiazole rings is 1. The van der Waals surface area contributed by atoms with Crippen LogP contribution >= 0.6 is 11.3 Å². The molecule has 1 N–H and O–H groups in total. The van der Waals surface area contributed by atoms with Crippen molar-refractivity contribution in [2.45, 2.75) is 45.6 Å². The summed E-state index contributed by atoms with van der Waals surface area (Å²) in [5.74, 6) is -1.48. The summed E-state index contributed by atoms with van der Waals surface area (Å²) < 4.78 is 35.3. The van der Waals surface area contributed by atoms with Gasteiger partial charge >= 0.3 is 0 Å². The second kappa shape index (κ2) is 9.97. The largest absolute Gasteiger partial charge is 0.396 e. The number of nitrogens with zero attached hydrogens (tertiary/aromatic N) is 5. The van der Waals surface area contributed by atoms with Crippen LogP contribution < -0.4 is 4.90 Å². The van der Waals surface area contributed by atoms with Crippen LogP contribution in [0, 0.1) is 25.5 Å². The molecule has 1 saturated heterocycles. The molecule has 0 radical (unpaired) electrons. The minimum atomic E-state index is -1.02. The standard InChI is InChI=1S/C28H25F2N5O3S/c1-15-25(16(2)38-33-15)17-8-10-34-23(12-17)32-26(27(34)28-31-18(9-11-36)14-39-28)22-4-3-5-24(37)35(22)19-6-7-20(29)21(30)13-19/h6-8,10,12-14,22,36H,3-5,9,11H2,1-2H3. The van der Waals surface area contributed by atoms with Crippen LogP contribution in [0.1, 0.15) is 48.1 Å². The number of rotatable bonds is 6. The first-order chi connectivity index (χ1) is 18.9. The molecule has 11 heteroatoms. The van der Waals surface area contributed by atoms with E-state index in [1.54, 1.807) is 0 Å². The number of anilines is 1. The third kappa shape index (κ3) is 4.41. The number of halogens is 2. The highest BCUT2D eigenvalue weighted by Gasteiger charge is 2.36. The maximum absolute atomic E-state index is 14.2. The molecule has 0 aliphatic carbocycles. The number of carbonyl (C=O) groups is 1. The number of aliphatic hydroxyl groups excluding tert-OH is 1. The van der Waals surface area contributed by atoms with Gasteiger partial charge in [0.1, 0.15) is 22.1 Å². The fourth-order valence-corrected chi connectivity index (χ4v) is 6.19. The molecule has 1 atom stereocenters. The van der Waals surface area contributed by atoms with E-state index in [0.29, 0.717) is 47.8 Å². The van der Waals surface area contributed by atoms with Crippen molar-refractivity contribution in [1.29, 1.82) is 0 Å². The Morgan fingerprint density at radius 3 is 2.74 bits per heavy atom. The predicted octanol–water partition coefficient (Wildman–Crippen LogP) is 5.80. The first-order valence-electron chi connectivity index (χ1n) is 12.6. The highest BCUT2D eigenvalue weighted by molar-refractivity contribution is 7.13. The average Bonchev–Trinajstić information content (AvgIpc) is 3.62. The summed E-state index contributed by atoms with van der Waals surface area (Å²) in [6.07, 6.45) is 3.85. The summed E-state index contributed by atoms with van der Waals surface area (Å²) in [7, 11) is 0. The van der Waals surface area contributed by atoms with Gasteiger partial charge in [0.05, 0.1) is 23.1 Å². The van der Waals surface area contributed by atoms with Gasteiger partial charge in [-0.15, -0.1) is 11.3 Å². The maximum Gasteiger partial charge on any atom is 0.227 e. The van der Waals surface area contributed by atoms with Crippen LogP contribution in [0.3, 0.4) is 0 Å². The number of pyridine rings is 1. The number of piperidine rings is 1. The monoisotopic (exact) mass is 549 g/mol. The molecule has 8 nitrogen and oxygen atoms in total. The Balaban J connectivity index is 1.55. The van der Waals surface area contributed by atoms with Crippen molar-refractivity contribution in [3.63, 3.8) is 0 Å². The number of imidazole rings is 1. The number of carbonyl (C=O) groups excluding carboxylic acids is 1. The summed E-state index contributed by atoms with van der Waals surface area (Å²) in [6.45, 7) is 3.71. The topological polar surface area (TPSA) is 96.8 Å². The van der Waals surface area contributed by atoms with Gasteiger partial charge < -0.3 is 14.5 Å². The number of aromatic nitrogens is 4. The van der Waals surface area contributed by atoms with Gasteiger partial charge in [0.2, 0.25) is 5.91 Å². The van der Waals surface area contributed by atoms with Crippen LogP contribution in [0.15, 0.2) is 46.4 Å². The second-order valence-corrected chi connectivity index (χ2v) is 10.4. The molecule has 6 rings (SSSR count). The molecule has 1 fully saturated rings. The number of fused-ring (bicyclic) bond motifs is 1. The number of benzene rings is 1. The fourth-order valence-electron chi connectivity index (χ4n) is 5.29. The number of aryl methyl sites for hydroxylation is 2. The van der Waals surface area contributed by atoms with Gasteiger partial charge in [-0.25, -0.2) is 18.7 Å². The Kier molecular flexibility index (Phi) is 6.48. The van der Waals surface area contributed by atoms with E-state index in [1.165, 1.54) is 22.3 Å². The van der Waals surface area contributed by atoms with E-state index in [0.717, 1.165) is 40.3 Å². The van der Waals surface area contributed by atoms with Crippen LogP contribution in [0.4, 0.5) is 14.5 Å². The number of hydrogen-bond acceptors (Lipinski definition) is 7. The van der Waals surface area contributed by atoms with Gasteiger partial charge in [-0.1, -0.05) is 5.16 Å².